The number of ether oxygens (including phenoxy) is 2. The maximum absolute atomic E-state index is 12.2. The zero-order valence-corrected chi connectivity index (χ0v) is 27.1. The molecule has 4 aliphatic carbocycles. The monoisotopic (exact) mass is 661 g/mol. The minimum absolute atomic E-state index is 0.0226. The molecule has 1 amide bonds. The molecule has 0 aromatic rings. The Balaban J connectivity index is 1.21. The summed E-state index contributed by atoms with van der Waals surface area (Å²) in [6, 6.07) is 0. The van der Waals surface area contributed by atoms with Crippen molar-refractivity contribution in [2.24, 2.45) is 46.3 Å². The number of rotatable bonds is 9. The summed E-state index contributed by atoms with van der Waals surface area (Å²) in [7, 11) is -4.27. The first kappa shape index (κ1) is 34.9. The second-order valence-electron chi connectivity index (χ2n) is 15.1. The number of carboxylic acid groups (broad SMARTS) is 1. The average Bonchev–Trinajstić information content (AvgIpc) is 3.32. The van der Waals surface area contributed by atoms with Gasteiger partial charge in [0.25, 0.3) is 10.1 Å². The van der Waals surface area contributed by atoms with Crippen molar-refractivity contribution in [2.45, 2.75) is 128 Å². The first-order chi connectivity index (χ1) is 21.0. The first-order valence-corrected chi connectivity index (χ1v) is 18.0. The maximum atomic E-state index is 12.2. The van der Waals surface area contributed by atoms with Crippen LogP contribution in [-0.2, 0) is 29.2 Å². The predicted octanol–water partition coefficient (Wildman–Crippen LogP) is 1.27. The zero-order valence-electron chi connectivity index (χ0n) is 26.3. The van der Waals surface area contributed by atoms with Gasteiger partial charge in [-0.05, 0) is 104 Å². The number of fused-ring (bicyclic) bond motifs is 5. The number of aliphatic carboxylic acids is 1. The van der Waals surface area contributed by atoms with Gasteiger partial charge in [0.1, 0.15) is 24.2 Å². The Hall–Kier alpha value is -1.39. The summed E-state index contributed by atoms with van der Waals surface area (Å²) in [6.45, 7) is 6.83. The van der Waals surface area contributed by atoms with Gasteiger partial charge in [-0.2, -0.15) is 8.42 Å². The SMILES string of the molecule is C[C@H](CCC(=O)NCS(=O)(=O)O)[C@H]1CC[C@H]2[C@@H]3[C@H](O)C[C@H]4C[C@H](O[C@@H]5O[C@H](C(=O)O)[C@@H](O)C(O)[C@H]5O)CC[C@]4(C)[C@H]3CC[C@]12C. The summed E-state index contributed by atoms with van der Waals surface area (Å²) in [6.07, 6.45) is -1.45. The van der Waals surface area contributed by atoms with Crippen LogP contribution in [0.15, 0.2) is 0 Å². The number of hydrogen-bond acceptors (Lipinski definition) is 10. The van der Waals surface area contributed by atoms with E-state index in [4.69, 9.17) is 14.0 Å². The summed E-state index contributed by atoms with van der Waals surface area (Å²) in [5.74, 6) is -1.02. The number of carbonyl (C=O) groups excluding carboxylic acids is 1. The summed E-state index contributed by atoms with van der Waals surface area (Å²) in [5.41, 5.74) is 0.00178. The topological polar surface area (TPSA) is 220 Å². The lowest BCUT2D eigenvalue weighted by atomic mass is 9.43. The molecule has 0 aromatic carbocycles. The molecule has 15 atom stereocenters. The van der Waals surface area contributed by atoms with E-state index in [1.807, 2.05) is 0 Å². The van der Waals surface area contributed by atoms with E-state index in [1.54, 1.807) is 0 Å². The van der Waals surface area contributed by atoms with Gasteiger partial charge in [-0.25, -0.2) is 4.79 Å². The molecule has 0 spiro atoms. The van der Waals surface area contributed by atoms with Crippen molar-refractivity contribution in [3.8, 4) is 0 Å². The summed E-state index contributed by atoms with van der Waals surface area (Å²) >= 11 is 0. The number of carboxylic acids is 1. The minimum Gasteiger partial charge on any atom is -0.479 e. The second kappa shape index (κ2) is 12.9. The Kier molecular flexibility index (Phi) is 10.0. The molecule has 5 rings (SSSR count). The van der Waals surface area contributed by atoms with E-state index in [0.717, 1.165) is 32.1 Å². The van der Waals surface area contributed by atoms with Crippen LogP contribution in [0.5, 0.6) is 0 Å². The minimum atomic E-state index is -4.27. The van der Waals surface area contributed by atoms with Crippen LogP contribution >= 0.6 is 0 Å². The smallest absolute Gasteiger partial charge is 0.335 e. The van der Waals surface area contributed by atoms with Crippen molar-refractivity contribution >= 4 is 22.0 Å². The number of hydrogen-bond donors (Lipinski definition) is 7. The fourth-order valence-electron chi connectivity index (χ4n) is 10.5. The van der Waals surface area contributed by atoms with Crippen molar-refractivity contribution in [1.29, 1.82) is 0 Å². The van der Waals surface area contributed by atoms with Gasteiger partial charge in [-0.15, -0.1) is 0 Å². The van der Waals surface area contributed by atoms with E-state index in [2.05, 4.69) is 26.1 Å². The number of amides is 1. The van der Waals surface area contributed by atoms with E-state index in [0.29, 0.717) is 43.4 Å². The number of aliphatic hydroxyl groups excluding tert-OH is 4. The summed E-state index contributed by atoms with van der Waals surface area (Å²) < 4.78 is 42.2. The number of aliphatic hydroxyl groups is 4. The van der Waals surface area contributed by atoms with E-state index >= 15 is 0 Å². The molecular formula is C31H51NO12S. The van der Waals surface area contributed by atoms with Crippen LogP contribution in [0, 0.1) is 46.3 Å². The first-order valence-electron chi connectivity index (χ1n) is 16.4. The molecule has 7 N–H and O–H groups in total. The largest absolute Gasteiger partial charge is 0.479 e. The van der Waals surface area contributed by atoms with Crippen LogP contribution in [0.4, 0.5) is 0 Å². The molecule has 1 saturated heterocycles. The average molecular weight is 662 g/mol. The third-order valence-electron chi connectivity index (χ3n) is 12.8. The lowest BCUT2D eigenvalue weighted by Crippen LogP contribution is -2.61. The molecule has 1 aliphatic heterocycles. The standard InChI is InChI=1S/C31H51NO12S/c1-15(4-7-22(34)32-14-45(40,41)42)18-5-6-19-23-20(9-11-31(18,19)3)30(2)10-8-17(12-16(30)13-21(23)33)43-29-26(37)24(35)25(36)27(44-29)28(38)39/h15-21,23-27,29,33,35-37H,4-14H2,1-3H3,(H,32,34)(H,38,39)(H,40,41,42)/t15-,16-,17-,18-,19+,20+,21-,23+,24?,25+,26-,27+,29-,30+,31-/m1/s1. The van der Waals surface area contributed by atoms with Crippen LogP contribution in [0.3, 0.4) is 0 Å². The Morgan fingerprint density at radius 1 is 0.956 bits per heavy atom. The van der Waals surface area contributed by atoms with Gasteiger partial charge < -0.3 is 40.3 Å². The third-order valence-corrected chi connectivity index (χ3v) is 13.3. The maximum Gasteiger partial charge on any atom is 0.335 e. The molecule has 0 bridgehead atoms. The molecule has 0 radical (unpaired) electrons. The van der Waals surface area contributed by atoms with Crippen LogP contribution in [0.25, 0.3) is 0 Å². The lowest BCUT2D eigenvalue weighted by molar-refractivity contribution is -0.310. The highest BCUT2D eigenvalue weighted by atomic mass is 32.2. The quantitative estimate of drug-likeness (QED) is 0.137. The Morgan fingerprint density at radius 3 is 2.29 bits per heavy atom. The highest BCUT2D eigenvalue weighted by molar-refractivity contribution is 7.85. The molecule has 5 fully saturated rings. The fraction of sp³-hybridized carbons (Fsp3) is 0.935. The van der Waals surface area contributed by atoms with Gasteiger partial charge in [-0.3, -0.25) is 9.35 Å². The third kappa shape index (κ3) is 6.67. The molecule has 45 heavy (non-hydrogen) atoms. The van der Waals surface area contributed by atoms with E-state index < -0.39 is 64.7 Å². The fourth-order valence-corrected chi connectivity index (χ4v) is 10.8. The summed E-state index contributed by atoms with van der Waals surface area (Å²) in [5, 5.41) is 54.0. The van der Waals surface area contributed by atoms with E-state index in [1.165, 1.54) is 0 Å². The van der Waals surface area contributed by atoms with Crippen molar-refractivity contribution in [2.75, 3.05) is 5.88 Å². The van der Waals surface area contributed by atoms with Gasteiger partial charge in [0.05, 0.1) is 12.2 Å². The molecule has 1 heterocycles. The number of carbonyl (C=O) groups is 2. The molecule has 258 valence electrons. The van der Waals surface area contributed by atoms with E-state index in [-0.39, 0.29) is 41.1 Å². The molecule has 0 aromatic heterocycles. The molecule has 5 aliphatic rings. The highest BCUT2D eigenvalue weighted by Crippen LogP contribution is 2.68. The predicted molar refractivity (Wildman–Crippen MR) is 159 cm³/mol. The van der Waals surface area contributed by atoms with Gasteiger partial charge in [0.15, 0.2) is 12.4 Å². The molecule has 1 unspecified atom stereocenters. The molecule has 4 saturated carbocycles. The van der Waals surface area contributed by atoms with Gasteiger partial charge in [-0.1, -0.05) is 20.8 Å². The summed E-state index contributed by atoms with van der Waals surface area (Å²) in [4.78, 5) is 23.7. The normalized spacial score (nSPS) is 47.2. The van der Waals surface area contributed by atoms with Gasteiger partial charge in [0, 0.05) is 6.42 Å². The van der Waals surface area contributed by atoms with Crippen molar-refractivity contribution < 1.29 is 57.6 Å². The number of nitrogens with one attached hydrogen (secondary N) is 1. The highest BCUT2D eigenvalue weighted by Gasteiger charge is 2.63. The van der Waals surface area contributed by atoms with Crippen LogP contribution < -0.4 is 5.32 Å². The molecule has 14 heteroatoms. The molecular weight excluding hydrogens is 610 g/mol. The van der Waals surface area contributed by atoms with Crippen molar-refractivity contribution in [1.82, 2.24) is 5.32 Å². The van der Waals surface area contributed by atoms with Gasteiger partial charge in [0.2, 0.25) is 5.91 Å². The van der Waals surface area contributed by atoms with E-state index in [9.17, 15) is 43.5 Å². The Labute approximate surface area is 264 Å². The molecule has 13 nitrogen and oxygen atoms in total. The van der Waals surface area contributed by atoms with Crippen LogP contribution in [0.2, 0.25) is 0 Å². The Morgan fingerprint density at radius 2 is 1.62 bits per heavy atom. The lowest BCUT2D eigenvalue weighted by Gasteiger charge is -2.62. The van der Waals surface area contributed by atoms with Crippen LogP contribution in [0.1, 0.15) is 85.0 Å². The van der Waals surface area contributed by atoms with Crippen LogP contribution in [-0.4, -0.2) is 99.2 Å². The van der Waals surface area contributed by atoms with Crippen molar-refractivity contribution in [3.63, 3.8) is 0 Å². The van der Waals surface area contributed by atoms with Gasteiger partial charge >= 0.3 is 5.97 Å². The zero-order chi connectivity index (χ0) is 33.1. The second-order valence-corrected chi connectivity index (χ2v) is 16.6. The van der Waals surface area contributed by atoms with Crippen molar-refractivity contribution in [3.05, 3.63) is 0 Å². The Bertz CT molecular complexity index is 1220.